The lowest BCUT2D eigenvalue weighted by atomic mass is 10.1. The normalized spacial score (nSPS) is 10.5. The van der Waals surface area contributed by atoms with Gasteiger partial charge in [0.25, 0.3) is 0 Å². The SMILES string of the molecule is CCCc1nc(Br)cc(-c2cncc(C)c2)n1. The topological polar surface area (TPSA) is 38.7 Å². The Morgan fingerprint density at radius 2 is 2.00 bits per heavy atom. The third-order valence-corrected chi connectivity index (χ3v) is 2.79. The van der Waals surface area contributed by atoms with Crippen molar-refractivity contribution in [3.63, 3.8) is 0 Å². The predicted octanol–water partition coefficient (Wildman–Crippen LogP) is 3.56. The second-order valence-electron chi connectivity index (χ2n) is 3.99. The van der Waals surface area contributed by atoms with E-state index in [0.717, 1.165) is 40.1 Å². The highest BCUT2D eigenvalue weighted by Gasteiger charge is 2.05. The fourth-order valence-corrected chi connectivity index (χ4v) is 2.06. The lowest BCUT2D eigenvalue weighted by molar-refractivity contribution is 0.831. The van der Waals surface area contributed by atoms with Crippen molar-refractivity contribution in [1.82, 2.24) is 15.0 Å². The second kappa shape index (κ2) is 5.36. The lowest BCUT2D eigenvalue weighted by Crippen LogP contribution is -1.97. The van der Waals surface area contributed by atoms with Crippen molar-refractivity contribution < 1.29 is 0 Å². The van der Waals surface area contributed by atoms with E-state index in [9.17, 15) is 0 Å². The largest absolute Gasteiger partial charge is 0.264 e. The summed E-state index contributed by atoms with van der Waals surface area (Å²) in [4.78, 5) is 13.1. The molecule has 0 aliphatic carbocycles. The molecule has 4 heteroatoms. The van der Waals surface area contributed by atoms with Crippen LogP contribution < -0.4 is 0 Å². The third kappa shape index (κ3) is 3.09. The highest BCUT2D eigenvalue weighted by atomic mass is 79.9. The van der Waals surface area contributed by atoms with Gasteiger partial charge in [0.15, 0.2) is 0 Å². The molecule has 17 heavy (non-hydrogen) atoms. The first-order chi connectivity index (χ1) is 8.19. The third-order valence-electron chi connectivity index (χ3n) is 2.39. The van der Waals surface area contributed by atoms with Gasteiger partial charge in [0.1, 0.15) is 10.4 Å². The number of pyridine rings is 1. The maximum atomic E-state index is 4.55. The number of halogens is 1. The minimum Gasteiger partial charge on any atom is -0.264 e. The van der Waals surface area contributed by atoms with Crippen molar-refractivity contribution in [2.75, 3.05) is 0 Å². The van der Waals surface area contributed by atoms with E-state index >= 15 is 0 Å². The molecule has 0 bridgehead atoms. The van der Waals surface area contributed by atoms with E-state index in [1.54, 1.807) is 0 Å². The maximum Gasteiger partial charge on any atom is 0.130 e. The molecular weight excluding hydrogens is 278 g/mol. The Hall–Kier alpha value is -1.29. The van der Waals surface area contributed by atoms with Crippen molar-refractivity contribution in [3.05, 3.63) is 40.5 Å². The highest BCUT2D eigenvalue weighted by molar-refractivity contribution is 9.10. The van der Waals surface area contributed by atoms with Gasteiger partial charge in [-0.1, -0.05) is 6.92 Å². The summed E-state index contributed by atoms with van der Waals surface area (Å²) in [5, 5.41) is 0. The maximum absolute atomic E-state index is 4.55. The van der Waals surface area contributed by atoms with Gasteiger partial charge in [0.2, 0.25) is 0 Å². The van der Waals surface area contributed by atoms with E-state index in [1.807, 2.05) is 25.4 Å². The number of rotatable bonds is 3. The second-order valence-corrected chi connectivity index (χ2v) is 4.81. The molecule has 2 aromatic heterocycles. The van der Waals surface area contributed by atoms with Gasteiger partial charge in [-0.3, -0.25) is 4.98 Å². The van der Waals surface area contributed by atoms with Crippen LogP contribution in [-0.4, -0.2) is 15.0 Å². The fourth-order valence-electron chi connectivity index (χ4n) is 1.64. The molecular formula is C13H14BrN3. The van der Waals surface area contributed by atoms with Gasteiger partial charge < -0.3 is 0 Å². The molecule has 0 aromatic carbocycles. The summed E-state index contributed by atoms with van der Waals surface area (Å²) in [7, 11) is 0. The first-order valence-electron chi connectivity index (χ1n) is 5.64. The van der Waals surface area contributed by atoms with Crippen molar-refractivity contribution in [1.29, 1.82) is 0 Å². The Morgan fingerprint density at radius 1 is 1.18 bits per heavy atom. The van der Waals surface area contributed by atoms with Crippen molar-refractivity contribution in [3.8, 4) is 11.3 Å². The highest BCUT2D eigenvalue weighted by Crippen LogP contribution is 2.20. The van der Waals surface area contributed by atoms with Crippen LogP contribution in [0.25, 0.3) is 11.3 Å². The van der Waals surface area contributed by atoms with Gasteiger partial charge >= 0.3 is 0 Å². The molecule has 0 radical (unpaired) electrons. The molecule has 0 atom stereocenters. The summed E-state index contributed by atoms with van der Waals surface area (Å²) >= 11 is 3.43. The number of aromatic nitrogens is 3. The van der Waals surface area contributed by atoms with Crippen LogP contribution in [-0.2, 0) is 6.42 Å². The molecule has 0 saturated carbocycles. The van der Waals surface area contributed by atoms with E-state index in [-0.39, 0.29) is 0 Å². The van der Waals surface area contributed by atoms with Crippen molar-refractivity contribution in [2.45, 2.75) is 26.7 Å². The standard InChI is InChI=1S/C13H14BrN3/c1-3-4-13-16-11(6-12(14)17-13)10-5-9(2)7-15-8-10/h5-8H,3-4H2,1-2H3. The number of hydrogen-bond acceptors (Lipinski definition) is 3. The van der Waals surface area contributed by atoms with Crippen LogP contribution in [0.5, 0.6) is 0 Å². The molecule has 3 nitrogen and oxygen atoms in total. The number of aryl methyl sites for hydroxylation is 2. The molecule has 0 amide bonds. The summed E-state index contributed by atoms with van der Waals surface area (Å²) < 4.78 is 0.826. The zero-order valence-corrected chi connectivity index (χ0v) is 11.5. The zero-order chi connectivity index (χ0) is 12.3. The first-order valence-corrected chi connectivity index (χ1v) is 6.44. The molecule has 0 spiro atoms. The van der Waals surface area contributed by atoms with E-state index < -0.39 is 0 Å². The van der Waals surface area contributed by atoms with Gasteiger partial charge in [-0.2, -0.15) is 0 Å². The lowest BCUT2D eigenvalue weighted by Gasteiger charge is -2.05. The molecule has 0 aliphatic rings. The van der Waals surface area contributed by atoms with Crippen molar-refractivity contribution >= 4 is 15.9 Å². The number of nitrogens with zero attached hydrogens (tertiary/aromatic N) is 3. The van der Waals surface area contributed by atoms with Crippen molar-refractivity contribution in [2.24, 2.45) is 0 Å². The minimum absolute atomic E-state index is 0.826. The van der Waals surface area contributed by atoms with Crippen LogP contribution in [0, 0.1) is 6.92 Å². The summed E-state index contributed by atoms with van der Waals surface area (Å²) in [5.74, 6) is 0.874. The Labute approximate surface area is 109 Å². The fraction of sp³-hybridized carbons (Fsp3) is 0.308. The van der Waals surface area contributed by atoms with Gasteiger partial charge in [-0.15, -0.1) is 0 Å². The molecule has 0 unspecified atom stereocenters. The molecule has 0 N–H and O–H groups in total. The monoisotopic (exact) mass is 291 g/mol. The summed E-state index contributed by atoms with van der Waals surface area (Å²) in [6.07, 6.45) is 5.61. The van der Waals surface area contributed by atoms with Gasteiger partial charge in [-0.25, -0.2) is 9.97 Å². The van der Waals surface area contributed by atoms with Gasteiger partial charge in [0, 0.05) is 24.4 Å². The molecule has 88 valence electrons. The predicted molar refractivity (Wildman–Crippen MR) is 71.7 cm³/mol. The van der Waals surface area contributed by atoms with Crippen LogP contribution in [0.4, 0.5) is 0 Å². The Morgan fingerprint density at radius 3 is 2.71 bits per heavy atom. The van der Waals surface area contributed by atoms with E-state index in [1.165, 1.54) is 0 Å². The summed E-state index contributed by atoms with van der Waals surface area (Å²) in [6, 6.07) is 4.01. The summed E-state index contributed by atoms with van der Waals surface area (Å²) in [5.41, 5.74) is 3.09. The van der Waals surface area contributed by atoms with Crippen LogP contribution in [0.1, 0.15) is 24.7 Å². The molecule has 0 fully saturated rings. The van der Waals surface area contributed by atoms with Gasteiger partial charge in [0.05, 0.1) is 5.69 Å². The molecule has 0 aliphatic heterocycles. The summed E-state index contributed by atoms with van der Waals surface area (Å²) in [6.45, 7) is 4.15. The van der Waals surface area contributed by atoms with Gasteiger partial charge in [-0.05, 0) is 47.0 Å². The Balaban J connectivity index is 2.44. The zero-order valence-electron chi connectivity index (χ0n) is 9.94. The van der Waals surface area contributed by atoms with E-state index in [2.05, 4.69) is 43.9 Å². The first kappa shape index (κ1) is 12.2. The Kier molecular flexibility index (Phi) is 3.84. The quantitative estimate of drug-likeness (QED) is 0.812. The molecule has 2 heterocycles. The molecule has 2 aromatic rings. The van der Waals surface area contributed by atoms with E-state index in [0.29, 0.717) is 0 Å². The minimum atomic E-state index is 0.826. The Bertz CT molecular complexity index is 526. The van der Waals surface area contributed by atoms with Crippen LogP contribution >= 0.6 is 15.9 Å². The van der Waals surface area contributed by atoms with E-state index in [4.69, 9.17) is 0 Å². The number of hydrogen-bond donors (Lipinski definition) is 0. The van der Waals surface area contributed by atoms with Crippen LogP contribution in [0.2, 0.25) is 0 Å². The van der Waals surface area contributed by atoms with Crippen LogP contribution in [0.3, 0.4) is 0 Å². The van der Waals surface area contributed by atoms with Crippen LogP contribution in [0.15, 0.2) is 29.1 Å². The molecule has 0 saturated heterocycles. The average molecular weight is 292 g/mol. The smallest absolute Gasteiger partial charge is 0.130 e. The molecule has 2 rings (SSSR count). The average Bonchev–Trinajstić information content (AvgIpc) is 2.28.